The topological polar surface area (TPSA) is 78.9 Å². The molecule has 0 amide bonds. The molecular weight excluding hydrogens is 733 g/mol. The molecule has 0 bridgehead atoms. The van der Waals surface area contributed by atoms with E-state index in [2.05, 4.69) is 69.4 Å². The third-order valence-electron chi connectivity index (χ3n) is 10.8. The lowest BCUT2D eigenvalue weighted by molar-refractivity contribution is -0.167. The predicted octanol–water partition coefficient (Wildman–Crippen LogP) is 16.3. The van der Waals surface area contributed by atoms with Crippen LogP contribution in [0.2, 0.25) is 0 Å². The zero-order chi connectivity index (χ0) is 43.0. The van der Waals surface area contributed by atoms with E-state index in [-0.39, 0.29) is 37.5 Å². The van der Waals surface area contributed by atoms with Gasteiger partial charge in [0.2, 0.25) is 0 Å². The predicted molar refractivity (Wildman–Crippen MR) is 252 cm³/mol. The number of hydrogen-bond acceptors (Lipinski definition) is 6. The van der Waals surface area contributed by atoms with Crippen molar-refractivity contribution in [3.8, 4) is 0 Å². The van der Waals surface area contributed by atoms with Gasteiger partial charge in [0, 0.05) is 19.3 Å². The first-order valence-electron chi connectivity index (χ1n) is 25.1. The molecule has 342 valence electrons. The molecule has 0 spiro atoms. The highest BCUT2D eigenvalue weighted by molar-refractivity contribution is 5.71. The van der Waals surface area contributed by atoms with E-state index in [1.807, 2.05) is 0 Å². The molecule has 0 aromatic rings. The quantitative estimate of drug-likeness (QED) is 0.0263. The molecular formula is C53H94O6. The molecule has 0 aliphatic heterocycles. The molecule has 0 aliphatic rings. The number of hydrogen-bond donors (Lipinski definition) is 0. The summed E-state index contributed by atoms with van der Waals surface area (Å²) in [6.07, 6.45) is 57.0. The van der Waals surface area contributed by atoms with Crippen molar-refractivity contribution >= 4 is 17.9 Å². The number of unbranched alkanes of at least 4 members (excludes halogenated alkanes) is 26. The van der Waals surface area contributed by atoms with Gasteiger partial charge >= 0.3 is 17.9 Å². The van der Waals surface area contributed by atoms with Crippen molar-refractivity contribution < 1.29 is 28.6 Å². The summed E-state index contributed by atoms with van der Waals surface area (Å²) in [6, 6.07) is 0. The highest BCUT2D eigenvalue weighted by Gasteiger charge is 2.19. The summed E-state index contributed by atoms with van der Waals surface area (Å²) in [5, 5.41) is 0. The van der Waals surface area contributed by atoms with Crippen molar-refractivity contribution in [1.82, 2.24) is 0 Å². The second-order valence-corrected chi connectivity index (χ2v) is 16.7. The monoisotopic (exact) mass is 827 g/mol. The van der Waals surface area contributed by atoms with Crippen LogP contribution in [-0.4, -0.2) is 37.2 Å². The van der Waals surface area contributed by atoms with Gasteiger partial charge in [0.05, 0.1) is 0 Å². The van der Waals surface area contributed by atoms with Crippen molar-refractivity contribution in [2.24, 2.45) is 0 Å². The summed E-state index contributed by atoms with van der Waals surface area (Å²) in [5.74, 6) is -0.933. The summed E-state index contributed by atoms with van der Waals surface area (Å²) >= 11 is 0. The Morgan fingerprint density at radius 2 is 0.661 bits per heavy atom. The Labute approximate surface area is 365 Å². The third kappa shape index (κ3) is 46.3. The van der Waals surface area contributed by atoms with Gasteiger partial charge < -0.3 is 14.2 Å². The van der Waals surface area contributed by atoms with Gasteiger partial charge in [0.25, 0.3) is 0 Å². The SMILES string of the molecule is CC/C=C\C/C=C\C/C=C\C/C=C\CCCCC(=O)OC(COC(=O)CCCCCCCC)COC(=O)CCCCCCCCCCCCCCCCCCCCCC. The van der Waals surface area contributed by atoms with Crippen molar-refractivity contribution in [2.75, 3.05) is 13.2 Å². The minimum atomic E-state index is -0.788. The molecule has 0 radical (unpaired) electrons. The second-order valence-electron chi connectivity index (χ2n) is 16.7. The van der Waals surface area contributed by atoms with Crippen LogP contribution in [0.4, 0.5) is 0 Å². The Morgan fingerprint density at radius 1 is 0.356 bits per heavy atom. The van der Waals surface area contributed by atoms with Crippen molar-refractivity contribution in [3.63, 3.8) is 0 Å². The van der Waals surface area contributed by atoms with E-state index in [0.717, 1.165) is 77.0 Å². The first kappa shape index (κ1) is 56.4. The summed E-state index contributed by atoms with van der Waals surface area (Å²) in [4.78, 5) is 37.7. The van der Waals surface area contributed by atoms with Crippen LogP contribution in [0.3, 0.4) is 0 Å². The van der Waals surface area contributed by atoms with Gasteiger partial charge in [-0.1, -0.05) is 223 Å². The Hall–Kier alpha value is -2.63. The lowest BCUT2D eigenvalue weighted by Gasteiger charge is -2.18. The Kier molecular flexibility index (Phi) is 45.9. The molecule has 0 N–H and O–H groups in total. The largest absolute Gasteiger partial charge is 0.462 e. The molecule has 0 saturated heterocycles. The first-order valence-corrected chi connectivity index (χ1v) is 25.1. The molecule has 0 fully saturated rings. The normalized spacial score (nSPS) is 12.4. The summed E-state index contributed by atoms with van der Waals surface area (Å²) in [7, 11) is 0. The maximum atomic E-state index is 12.7. The van der Waals surface area contributed by atoms with E-state index in [1.165, 1.54) is 128 Å². The fourth-order valence-electron chi connectivity index (χ4n) is 7.08. The lowest BCUT2D eigenvalue weighted by Crippen LogP contribution is -2.30. The van der Waals surface area contributed by atoms with Gasteiger partial charge in [-0.2, -0.15) is 0 Å². The second kappa shape index (κ2) is 48.0. The van der Waals surface area contributed by atoms with Crippen LogP contribution in [0.15, 0.2) is 48.6 Å². The lowest BCUT2D eigenvalue weighted by atomic mass is 10.0. The van der Waals surface area contributed by atoms with Crippen molar-refractivity contribution in [3.05, 3.63) is 48.6 Å². The number of carbonyl (C=O) groups is 3. The van der Waals surface area contributed by atoms with Crippen molar-refractivity contribution in [1.29, 1.82) is 0 Å². The summed E-state index contributed by atoms with van der Waals surface area (Å²) in [5.41, 5.74) is 0. The first-order chi connectivity index (χ1) is 29.0. The molecule has 0 saturated carbocycles. The van der Waals surface area contributed by atoms with E-state index in [0.29, 0.717) is 19.3 Å². The van der Waals surface area contributed by atoms with Gasteiger partial charge in [-0.3, -0.25) is 14.4 Å². The van der Waals surface area contributed by atoms with E-state index in [1.54, 1.807) is 0 Å². The van der Waals surface area contributed by atoms with Crippen LogP contribution >= 0.6 is 0 Å². The maximum Gasteiger partial charge on any atom is 0.306 e. The molecule has 59 heavy (non-hydrogen) atoms. The van der Waals surface area contributed by atoms with E-state index >= 15 is 0 Å². The van der Waals surface area contributed by atoms with Crippen molar-refractivity contribution in [2.45, 2.75) is 258 Å². The average molecular weight is 827 g/mol. The van der Waals surface area contributed by atoms with Crippen LogP contribution in [0.25, 0.3) is 0 Å². The highest BCUT2D eigenvalue weighted by Crippen LogP contribution is 2.16. The fraction of sp³-hybridized carbons (Fsp3) is 0.792. The molecule has 0 aromatic carbocycles. The standard InChI is InChI=1S/C53H94O6/c1-4-7-10-13-16-18-20-22-24-25-26-27-28-30-31-33-35-37-40-43-46-52(55)58-49-50(48-57-51(54)45-42-39-15-12-9-6-3)59-53(56)47-44-41-38-36-34-32-29-23-21-19-17-14-11-8-5-2/h8,11,17,19,23,29,34,36,50H,4-7,9-10,12-16,18,20-22,24-28,30-33,35,37-49H2,1-3H3/b11-8-,19-17-,29-23-,36-34-. The maximum absolute atomic E-state index is 12.7. The van der Waals surface area contributed by atoms with E-state index < -0.39 is 6.10 Å². The number of carbonyl (C=O) groups excluding carboxylic acids is 3. The van der Waals surface area contributed by atoms with Crippen LogP contribution in [0.1, 0.15) is 252 Å². The van der Waals surface area contributed by atoms with E-state index in [4.69, 9.17) is 14.2 Å². The molecule has 0 heterocycles. The molecule has 0 rings (SSSR count). The Balaban J connectivity index is 4.22. The van der Waals surface area contributed by atoms with E-state index in [9.17, 15) is 14.4 Å². The molecule has 0 aliphatic carbocycles. The molecule has 0 aromatic heterocycles. The highest BCUT2D eigenvalue weighted by atomic mass is 16.6. The van der Waals surface area contributed by atoms with Gasteiger partial charge in [-0.15, -0.1) is 0 Å². The van der Waals surface area contributed by atoms with Gasteiger partial charge in [-0.05, 0) is 57.8 Å². The summed E-state index contributed by atoms with van der Waals surface area (Å²) in [6.45, 7) is 6.44. The van der Waals surface area contributed by atoms with Crippen LogP contribution in [-0.2, 0) is 28.6 Å². The average Bonchev–Trinajstić information content (AvgIpc) is 3.23. The zero-order valence-electron chi connectivity index (χ0n) is 39.0. The molecule has 1 unspecified atom stereocenters. The fourth-order valence-corrected chi connectivity index (χ4v) is 7.08. The minimum absolute atomic E-state index is 0.0873. The van der Waals surface area contributed by atoms with Gasteiger partial charge in [0.1, 0.15) is 13.2 Å². The van der Waals surface area contributed by atoms with Gasteiger partial charge in [-0.25, -0.2) is 0 Å². The molecule has 6 heteroatoms. The smallest absolute Gasteiger partial charge is 0.306 e. The number of allylic oxidation sites excluding steroid dienone is 8. The van der Waals surface area contributed by atoms with Gasteiger partial charge in [0.15, 0.2) is 6.10 Å². The molecule has 1 atom stereocenters. The minimum Gasteiger partial charge on any atom is -0.462 e. The zero-order valence-corrected chi connectivity index (χ0v) is 39.0. The number of rotatable bonds is 45. The summed E-state index contributed by atoms with van der Waals surface area (Å²) < 4.78 is 16.6. The number of ether oxygens (including phenoxy) is 3. The van der Waals surface area contributed by atoms with Crippen LogP contribution < -0.4 is 0 Å². The van der Waals surface area contributed by atoms with Crippen LogP contribution in [0, 0.1) is 0 Å². The van der Waals surface area contributed by atoms with Crippen LogP contribution in [0.5, 0.6) is 0 Å². The number of esters is 3. The Morgan fingerprint density at radius 3 is 1.03 bits per heavy atom. The Bertz CT molecular complexity index is 1040. The molecule has 6 nitrogen and oxygen atoms in total. The third-order valence-corrected chi connectivity index (χ3v) is 10.8.